The summed E-state index contributed by atoms with van der Waals surface area (Å²) in [6.45, 7) is 1.59. The second kappa shape index (κ2) is 6.95. The first kappa shape index (κ1) is 15.7. The van der Waals surface area contributed by atoms with Crippen molar-refractivity contribution in [3.05, 3.63) is 51.7 Å². The minimum atomic E-state index is 0.429. The lowest BCUT2D eigenvalue weighted by atomic mass is 10.1. The van der Waals surface area contributed by atoms with Gasteiger partial charge in [0, 0.05) is 22.2 Å². The number of rotatable bonds is 5. The number of ether oxygens (including phenoxy) is 1. The van der Waals surface area contributed by atoms with Crippen LogP contribution in [0.25, 0.3) is 0 Å². The molecule has 1 aliphatic heterocycles. The third kappa shape index (κ3) is 3.47. The molecule has 0 bridgehead atoms. The van der Waals surface area contributed by atoms with Crippen LogP contribution in [-0.2, 0) is 6.42 Å². The van der Waals surface area contributed by atoms with E-state index in [0.29, 0.717) is 6.10 Å². The predicted molar refractivity (Wildman–Crippen MR) is 98.7 cm³/mol. The van der Waals surface area contributed by atoms with Gasteiger partial charge in [-0.15, -0.1) is 11.3 Å². The molecule has 4 nitrogen and oxygen atoms in total. The van der Waals surface area contributed by atoms with Gasteiger partial charge in [0.2, 0.25) is 0 Å². The number of nitrogens with two attached hydrogens (primary N) is 1. The molecule has 126 valence electrons. The predicted octanol–water partition coefficient (Wildman–Crippen LogP) is 3.60. The molecule has 2 N–H and O–H groups in total. The number of thiophene rings is 1. The zero-order valence-electron chi connectivity index (χ0n) is 13.8. The van der Waals surface area contributed by atoms with Gasteiger partial charge < -0.3 is 4.74 Å². The maximum absolute atomic E-state index is 6.07. The summed E-state index contributed by atoms with van der Waals surface area (Å²) in [6.07, 6.45) is 6.39. The monoisotopic (exact) mass is 341 g/mol. The second-order valence-electron chi connectivity index (χ2n) is 6.55. The van der Waals surface area contributed by atoms with Crippen molar-refractivity contribution in [1.82, 2.24) is 5.01 Å². The van der Waals surface area contributed by atoms with Crippen molar-refractivity contribution < 1.29 is 4.74 Å². The van der Waals surface area contributed by atoms with Crippen molar-refractivity contribution in [3.8, 4) is 5.75 Å². The smallest absolute Gasteiger partial charge is 0.145 e. The van der Waals surface area contributed by atoms with Gasteiger partial charge in [0.25, 0.3) is 0 Å². The zero-order chi connectivity index (χ0) is 16.4. The van der Waals surface area contributed by atoms with Crippen LogP contribution in [0.3, 0.4) is 0 Å². The summed E-state index contributed by atoms with van der Waals surface area (Å²) in [5, 5.41) is 3.86. The van der Waals surface area contributed by atoms with Gasteiger partial charge >= 0.3 is 0 Å². The Kier molecular flexibility index (Phi) is 4.54. The van der Waals surface area contributed by atoms with Gasteiger partial charge in [0.05, 0.1) is 19.2 Å². The molecule has 0 saturated heterocycles. The number of hydrogen-bond acceptors (Lipinski definition) is 5. The average molecular weight is 341 g/mol. The van der Waals surface area contributed by atoms with Crippen LogP contribution in [0.2, 0.25) is 0 Å². The van der Waals surface area contributed by atoms with E-state index < -0.39 is 0 Å². The summed E-state index contributed by atoms with van der Waals surface area (Å²) in [5.41, 5.74) is 2.39. The lowest BCUT2D eigenvalue weighted by molar-refractivity contribution is 0.211. The molecule has 1 aliphatic carbocycles. The molecule has 1 aromatic carbocycles. The maximum Gasteiger partial charge on any atom is 0.145 e. The Balaban J connectivity index is 1.39. The second-order valence-corrected chi connectivity index (χ2v) is 7.54. The fraction of sp³-hybridized carbons (Fsp3) is 0.421. The quantitative estimate of drug-likeness (QED) is 0.846. The standard InChI is InChI=1S/C19H23N3OS/c20-22-10-9-21-19(22)15-7-5-14(6-8-15)11-18-12-17(13-24-18)23-16-3-1-2-4-16/h5-8,12-13,16H,1-4,9-11,20H2. The molecule has 2 aromatic rings. The molecule has 5 heteroatoms. The number of hydrazine groups is 1. The average Bonchev–Trinajstić information content (AvgIpc) is 3.32. The van der Waals surface area contributed by atoms with E-state index in [2.05, 4.69) is 40.7 Å². The van der Waals surface area contributed by atoms with E-state index in [4.69, 9.17) is 10.6 Å². The number of aliphatic imine (C=N–C) groups is 1. The van der Waals surface area contributed by atoms with Crippen molar-refractivity contribution >= 4 is 17.2 Å². The van der Waals surface area contributed by atoms with Gasteiger partial charge in [-0.1, -0.05) is 24.3 Å². The molecule has 1 saturated carbocycles. The number of nitrogens with zero attached hydrogens (tertiary/aromatic N) is 2. The number of amidine groups is 1. The third-order valence-corrected chi connectivity index (χ3v) is 5.61. The highest BCUT2D eigenvalue weighted by molar-refractivity contribution is 7.10. The highest BCUT2D eigenvalue weighted by Crippen LogP contribution is 2.29. The first-order valence-electron chi connectivity index (χ1n) is 8.68. The van der Waals surface area contributed by atoms with E-state index in [-0.39, 0.29) is 0 Å². The molecule has 0 unspecified atom stereocenters. The third-order valence-electron chi connectivity index (χ3n) is 4.70. The molecule has 0 amide bonds. The van der Waals surface area contributed by atoms with Gasteiger partial charge in [-0.3, -0.25) is 10.0 Å². The van der Waals surface area contributed by atoms with Gasteiger partial charge in [-0.25, -0.2) is 5.84 Å². The molecule has 1 fully saturated rings. The molecule has 0 atom stereocenters. The van der Waals surface area contributed by atoms with E-state index in [9.17, 15) is 0 Å². The molecule has 4 rings (SSSR count). The van der Waals surface area contributed by atoms with Crippen LogP contribution >= 0.6 is 11.3 Å². The summed E-state index contributed by atoms with van der Waals surface area (Å²) in [6, 6.07) is 10.8. The fourth-order valence-electron chi connectivity index (χ4n) is 3.40. The van der Waals surface area contributed by atoms with Gasteiger partial charge in [0.1, 0.15) is 11.6 Å². The Morgan fingerprint density at radius 3 is 2.71 bits per heavy atom. The minimum Gasteiger partial charge on any atom is -0.490 e. The fourth-order valence-corrected chi connectivity index (χ4v) is 4.23. The highest BCUT2D eigenvalue weighted by Gasteiger charge is 2.17. The zero-order valence-corrected chi connectivity index (χ0v) is 14.6. The van der Waals surface area contributed by atoms with Crippen molar-refractivity contribution in [1.29, 1.82) is 0 Å². The first-order valence-corrected chi connectivity index (χ1v) is 9.56. The van der Waals surface area contributed by atoms with Crippen molar-refractivity contribution in [2.75, 3.05) is 13.1 Å². The van der Waals surface area contributed by atoms with E-state index in [1.165, 1.54) is 36.1 Å². The Bertz CT molecular complexity index is 716. The lowest BCUT2D eigenvalue weighted by Crippen LogP contribution is -2.34. The Labute approximate surface area is 146 Å². The SMILES string of the molecule is NN1CCN=C1c1ccc(Cc2cc(OC3CCCC3)cs2)cc1. The van der Waals surface area contributed by atoms with Crippen molar-refractivity contribution in [3.63, 3.8) is 0 Å². The highest BCUT2D eigenvalue weighted by atomic mass is 32.1. The van der Waals surface area contributed by atoms with Crippen LogP contribution in [0.1, 0.15) is 41.7 Å². The first-order chi connectivity index (χ1) is 11.8. The van der Waals surface area contributed by atoms with Crippen LogP contribution in [0, 0.1) is 0 Å². The van der Waals surface area contributed by atoms with Crippen LogP contribution < -0.4 is 10.6 Å². The largest absolute Gasteiger partial charge is 0.490 e. The lowest BCUT2D eigenvalue weighted by Gasteiger charge is -2.13. The molecule has 24 heavy (non-hydrogen) atoms. The van der Waals surface area contributed by atoms with E-state index in [0.717, 1.165) is 36.7 Å². The summed E-state index contributed by atoms with van der Waals surface area (Å²) >= 11 is 1.78. The van der Waals surface area contributed by atoms with Crippen LogP contribution in [0.15, 0.2) is 40.7 Å². The Hall–Kier alpha value is -1.85. The Morgan fingerprint density at radius 2 is 2.00 bits per heavy atom. The molecular formula is C19H23N3OS. The Morgan fingerprint density at radius 1 is 1.21 bits per heavy atom. The summed E-state index contributed by atoms with van der Waals surface area (Å²) < 4.78 is 6.07. The van der Waals surface area contributed by atoms with Gasteiger partial charge in [-0.2, -0.15) is 0 Å². The maximum atomic E-state index is 6.07. The van der Waals surface area contributed by atoms with E-state index in [1.54, 1.807) is 16.3 Å². The summed E-state index contributed by atoms with van der Waals surface area (Å²) in [4.78, 5) is 5.80. The normalized spacial score (nSPS) is 18.2. The van der Waals surface area contributed by atoms with Gasteiger partial charge in [-0.05, 0) is 37.3 Å². The summed E-state index contributed by atoms with van der Waals surface area (Å²) in [5.74, 6) is 7.87. The molecule has 2 aliphatic rings. The van der Waals surface area contributed by atoms with E-state index in [1.807, 2.05) is 0 Å². The molecule has 1 aromatic heterocycles. The van der Waals surface area contributed by atoms with Crippen LogP contribution in [0.4, 0.5) is 0 Å². The van der Waals surface area contributed by atoms with Crippen molar-refractivity contribution in [2.45, 2.75) is 38.2 Å². The van der Waals surface area contributed by atoms with Gasteiger partial charge in [0.15, 0.2) is 0 Å². The molecule has 0 radical (unpaired) electrons. The molecular weight excluding hydrogens is 318 g/mol. The molecule has 0 spiro atoms. The van der Waals surface area contributed by atoms with Crippen LogP contribution in [0.5, 0.6) is 5.75 Å². The topological polar surface area (TPSA) is 50.8 Å². The minimum absolute atomic E-state index is 0.429. The molecule has 2 heterocycles. The number of hydrogen-bond donors (Lipinski definition) is 1. The van der Waals surface area contributed by atoms with Crippen LogP contribution in [-0.4, -0.2) is 30.0 Å². The summed E-state index contributed by atoms with van der Waals surface area (Å²) in [7, 11) is 0. The van der Waals surface area contributed by atoms with Crippen molar-refractivity contribution in [2.24, 2.45) is 10.8 Å². The van der Waals surface area contributed by atoms with E-state index >= 15 is 0 Å². The number of benzene rings is 1.